The third kappa shape index (κ3) is 3.28. The molecule has 0 heterocycles. The summed E-state index contributed by atoms with van der Waals surface area (Å²) in [7, 11) is 0. The van der Waals surface area contributed by atoms with E-state index in [0.717, 1.165) is 6.42 Å². The quantitative estimate of drug-likeness (QED) is 0.590. The van der Waals surface area contributed by atoms with Crippen LogP contribution in [0.25, 0.3) is 0 Å². The van der Waals surface area contributed by atoms with E-state index in [1.54, 1.807) is 0 Å². The van der Waals surface area contributed by atoms with Gasteiger partial charge in [-0.2, -0.15) is 0 Å². The largest absolute Gasteiger partial charge is 0.375 e. The monoisotopic (exact) mass is 136 g/mol. The predicted octanol–water partition coefficient (Wildman–Crippen LogP) is 2.12. The number of alkyl halides is 1. The zero-order valence-electron chi connectivity index (χ0n) is 5.45. The van der Waals surface area contributed by atoms with Crippen LogP contribution in [0, 0.1) is 0 Å². The van der Waals surface area contributed by atoms with Crippen molar-refractivity contribution in [3.8, 4) is 0 Å². The zero-order valence-corrected chi connectivity index (χ0v) is 6.20. The maximum atomic E-state index is 9.09. The van der Waals surface area contributed by atoms with Crippen molar-refractivity contribution in [2.24, 2.45) is 0 Å². The highest BCUT2D eigenvalue weighted by atomic mass is 35.5. The minimum Gasteiger partial charge on any atom is -0.375 e. The van der Waals surface area contributed by atoms with Crippen molar-refractivity contribution in [3.63, 3.8) is 0 Å². The second-order valence-corrected chi connectivity index (χ2v) is 2.73. The summed E-state index contributed by atoms with van der Waals surface area (Å²) in [6.07, 6.45) is 2.25. The molecule has 1 unspecified atom stereocenters. The molecule has 0 fully saturated rings. The van der Waals surface area contributed by atoms with E-state index in [2.05, 4.69) is 0 Å². The standard InChI is InChI=1S/C6H13ClO/c1-3-5-6(7,8)4-2/h8H,3-5H2,1-2H3. The molecule has 1 nitrogen and oxygen atoms in total. The smallest absolute Gasteiger partial charge is 0.138 e. The van der Waals surface area contributed by atoms with Gasteiger partial charge >= 0.3 is 0 Å². The Morgan fingerprint density at radius 1 is 1.50 bits per heavy atom. The first kappa shape index (κ1) is 8.25. The van der Waals surface area contributed by atoms with Crippen molar-refractivity contribution in [1.29, 1.82) is 0 Å². The van der Waals surface area contributed by atoms with E-state index in [0.29, 0.717) is 12.8 Å². The summed E-state index contributed by atoms with van der Waals surface area (Å²) < 4.78 is 0. The summed E-state index contributed by atoms with van der Waals surface area (Å²) in [6, 6.07) is 0. The average molecular weight is 137 g/mol. The van der Waals surface area contributed by atoms with Crippen molar-refractivity contribution in [2.75, 3.05) is 0 Å². The fraction of sp³-hybridized carbons (Fsp3) is 1.00. The lowest BCUT2D eigenvalue weighted by Gasteiger charge is -2.16. The fourth-order valence-electron chi connectivity index (χ4n) is 0.560. The molecular weight excluding hydrogens is 124 g/mol. The highest BCUT2D eigenvalue weighted by Crippen LogP contribution is 2.20. The van der Waals surface area contributed by atoms with Gasteiger partial charge in [0, 0.05) is 0 Å². The summed E-state index contributed by atoms with van der Waals surface area (Å²) in [5, 5.41) is 8.15. The van der Waals surface area contributed by atoms with Gasteiger partial charge in [-0.05, 0) is 12.8 Å². The van der Waals surface area contributed by atoms with Gasteiger partial charge in [-0.1, -0.05) is 31.9 Å². The Bertz CT molecular complexity index is 61.5. The molecule has 0 saturated heterocycles. The highest BCUT2D eigenvalue weighted by molar-refractivity contribution is 6.22. The third-order valence-electron chi connectivity index (χ3n) is 1.17. The third-order valence-corrected chi connectivity index (χ3v) is 1.63. The van der Waals surface area contributed by atoms with Crippen LogP contribution in [0.2, 0.25) is 0 Å². The Hall–Kier alpha value is 0.250. The number of aliphatic hydroxyl groups is 1. The maximum Gasteiger partial charge on any atom is 0.138 e. The normalized spacial score (nSPS) is 18.0. The van der Waals surface area contributed by atoms with Gasteiger partial charge in [-0.3, -0.25) is 0 Å². The number of hydrogen-bond acceptors (Lipinski definition) is 1. The van der Waals surface area contributed by atoms with Crippen LogP contribution in [0.1, 0.15) is 33.1 Å². The molecule has 0 rings (SSSR count). The Kier molecular flexibility index (Phi) is 3.41. The van der Waals surface area contributed by atoms with Gasteiger partial charge in [0.05, 0.1) is 0 Å². The molecule has 0 amide bonds. The van der Waals surface area contributed by atoms with E-state index < -0.39 is 5.06 Å². The Morgan fingerprint density at radius 3 is 2.12 bits per heavy atom. The van der Waals surface area contributed by atoms with Gasteiger partial charge in [0.1, 0.15) is 5.06 Å². The van der Waals surface area contributed by atoms with E-state index in [1.807, 2.05) is 13.8 Å². The average Bonchev–Trinajstić information content (AvgIpc) is 1.67. The molecule has 0 aromatic rings. The Labute approximate surface area is 55.7 Å². The summed E-state index contributed by atoms with van der Waals surface area (Å²) >= 11 is 5.58. The molecule has 0 radical (unpaired) electrons. The Balaban J connectivity index is 3.37. The summed E-state index contributed by atoms with van der Waals surface area (Å²) in [6.45, 7) is 3.88. The summed E-state index contributed by atoms with van der Waals surface area (Å²) in [5.41, 5.74) is 0. The van der Waals surface area contributed by atoms with Gasteiger partial charge in [-0.15, -0.1) is 0 Å². The zero-order chi connectivity index (χ0) is 6.62. The van der Waals surface area contributed by atoms with Crippen molar-refractivity contribution in [2.45, 2.75) is 38.2 Å². The minimum atomic E-state index is -0.936. The van der Waals surface area contributed by atoms with E-state index in [9.17, 15) is 0 Å². The first-order valence-electron chi connectivity index (χ1n) is 3.03. The predicted molar refractivity (Wildman–Crippen MR) is 36.0 cm³/mol. The summed E-state index contributed by atoms with van der Waals surface area (Å²) in [5.74, 6) is 0. The van der Waals surface area contributed by atoms with Crippen LogP contribution in [-0.2, 0) is 0 Å². The SMILES string of the molecule is CCCC(O)(Cl)CC. The van der Waals surface area contributed by atoms with Gasteiger partial charge < -0.3 is 5.11 Å². The number of rotatable bonds is 3. The maximum absolute atomic E-state index is 9.09. The van der Waals surface area contributed by atoms with Crippen LogP contribution in [0.5, 0.6) is 0 Å². The second kappa shape index (κ2) is 3.31. The lowest BCUT2D eigenvalue weighted by atomic mass is 10.1. The van der Waals surface area contributed by atoms with E-state index >= 15 is 0 Å². The second-order valence-electron chi connectivity index (χ2n) is 2.02. The molecule has 0 aliphatic carbocycles. The van der Waals surface area contributed by atoms with Crippen LogP contribution in [0.3, 0.4) is 0 Å². The molecule has 0 aliphatic rings. The molecule has 0 aliphatic heterocycles. The lowest BCUT2D eigenvalue weighted by Crippen LogP contribution is -2.17. The van der Waals surface area contributed by atoms with Crippen LogP contribution >= 0.6 is 11.6 Å². The molecule has 0 saturated carbocycles. The molecule has 50 valence electrons. The fourth-order valence-corrected chi connectivity index (χ4v) is 0.749. The van der Waals surface area contributed by atoms with Crippen LogP contribution in [0.4, 0.5) is 0 Å². The molecule has 1 N–H and O–H groups in total. The lowest BCUT2D eigenvalue weighted by molar-refractivity contribution is 0.114. The first-order valence-corrected chi connectivity index (χ1v) is 3.41. The molecular formula is C6H13ClO. The van der Waals surface area contributed by atoms with E-state index in [-0.39, 0.29) is 0 Å². The topological polar surface area (TPSA) is 20.2 Å². The van der Waals surface area contributed by atoms with E-state index in [1.165, 1.54) is 0 Å². The number of halogens is 1. The number of hydrogen-bond donors (Lipinski definition) is 1. The van der Waals surface area contributed by atoms with Crippen molar-refractivity contribution < 1.29 is 5.11 Å². The van der Waals surface area contributed by atoms with Crippen LogP contribution in [-0.4, -0.2) is 10.2 Å². The molecule has 2 heteroatoms. The molecule has 8 heavy (non-hydrogen) atoms. The minimum absolute atomic E-state index is 0.627. The molecule has 0 aromatic carbocycles. The van der Waals surface area contributed by atoms with Gasteiger partial charge in [0.25, 0.3) is 0 Å². The first-order chi connectivity index (χ1) is 3.62. The van der Waals surface area contributed by atoms with Crippen LogP contribution in [0.15, 0.2) is 0 Å². The van der Waals surface area contributed by atoms with Gasteiger partial charge in [0.15, 0.2) is 0 Å². The molecule has 0 aromatic heterocycles. The van der Waals surface area contributed by atoms with Crippen molar-refractivity contribution in [3.05, 3.63) is 0 Å². The van der Waals surface area contributed by atoms with Crippen molar-refractivity contribution in [1.82, 2.24) is 0 Å². The van der Waals surface area contributed by atoms with Crippen molar-refractivity contribution >= 4 is 11.6 Å². The van der Waals surface area contributed by atoms with E-state index in [4.69, 9.17) is 16.7 Å². The Morgan fingerprint density at radius 2 is 2.00 bits per heavy atom. The molecule has 0 bridgehead atoms. The molecule has 1 atom stereocenters. The highest BCUT2D eigenvalue weighted by Gasteiger charge is 2.17. The molecule has 0 spiro atoms. The van der Waals surface area contributed by atoms with Gasteiger partial charge in [-0.25, -0.2) is 0 Å². The summed E-state index contributed by atoms with van der Waals surface area (Å²) in [4.78, 5) is 0. The van der Waals surface area contributed by atoms with Gasteiger partial charge in [0.2, 0.25) is 0 Å². The van der Waals surface area contributed by atoms with Crippen LogP contribution < -0.4 is 0 Å².